The third-order valence-corrected chi connectivity index (χ3v) is 7.61. The van der Waals surface area contributed by atoms with Gasteiger partial charge < -0.3 is 25.5 Å². The van der Waals surface area contributed by atoms with Crippen molar-refractivity contribution < 1.29 is 14.3 Å². The molecule has 4 N–H and O–H groups in total. The number of methoxy groups -OCH3 is 2. The maximum absolute atomic E-state index is 13.1. The van der Waals surface area contributed by atoms with Crippen LogP contribution in [0.5, 0.6) is 11.5 Å². The molecule has 6 nitrogen and oxygen atoms in total. The van der Waals surface area contributed by atoms with Gasteiger partial charge in [0, 0.05) is 46.0 Å². The van der Waals surface area contributed by atoms with Crippen LogP contribution in [0.1, 0.15) is 28.8 Å². The summed E-state index contributed by atoms with van der Waals surface area (Å²) in [4.78, 5) is 17.4. The van der Waals surface area contributed by atoms with E-state index in [-0.39, 0.29) is 5.91 Å². The quantitative estimate of drug-likeness (QED) is 0.203. The van der Waals surface area contributed by atoms with Gasteiger partial charge in [-0.25, -0.2) is 0 Å². The van der Waals surface area contributed by atoms with Crippen molar-refractivity contribution in [3.05, 3.63) is 71.9 Å². The van der Waals surface area contributed by atoms with Crippen molar-refractivity contribution in [3.8, 4) is 22.6 Å². The monoisotopic (exact) mass is 487 g/mol. The van der Waals surface area contributed by atoms with Gasteiger partial charge in [-0.3, -0.25) is 4.79 Å². The van der Waals surface area contributed by atoms with Crippen LogP contribution >= 0.6 is 11.8 Å². The van der Waals surface area contributed by atoms with Crippen LogP contribution in [0.2, 0.25) is 0 Å². The van der Waals surface area contributed by atoms with Gasteiger partial charge in [0.2, 0.25) is 0 Å². The number of benzene rings is 3. The van der Waals surface area contributed by atoms with Crippen molar-refractivity contribution in [2.75, 3.05) is 25.7 Å². The summed E-state index contributed by atoms with van der Waals surface area (Å²) in [6.45, 7) is 0.359. The van der Waals surface area contributed by atoms with Crippen molar-refractivity contribution in [1.29, 1.82) is 0 Å². The molecule has 0 atom stereocenters. The van der Waals surface area contributed by atoms with Gasteiger partial charge in [-0.2, -0.15) is 0 Å². The molecule has 1 saturated carbocycles. The van der Waals surface area contributed by atoms with Gasteiger partial charge in [-0.05, 0) is 71.8 Å². The van der Waals surface area contributed by atoms with Crippen LogP contribution in [0.15, 0.2) is 65.7 Å². The summed E-state index contributed by atoms with van der Waals surface area (Å²) in [6.07, 6.45) is 4.41. The molecular weight excluding hydrogens is 458 g/mol. The van der Waals surface area contributed by atoms with Gasteiger partial charge in [0.05, 0.1) is 19.8 Å². The lowest BCUT2D eigenvalue weighted by molar-refractivity contribution is 0.0952. The zero-order chi connectivity index (χ0) is 24.4. The maximum Gasteiger partial charge on any atom is 0.253 e. The van der Waals surface area contributed by atoms with E-state index in [1.165, 1.54) is 12.8 Å². The molecule has 1 heterocycles. The average Bonchev–Trinajstić information content (AvgIpc) is 3.62. The number of aromatic amines is 1. The van der Waals surface area contributed by atoms with Crippen LogP contribution in [0.4, 0.5) is 5.69 Å². The number of thioether (sulfide) groups is 1. The standard InChI is InChI=1S/C28H29N3O3S/c1-33-21-9-18(10-22(13-21)34-2)14-31-28(32)24-15-30-26-8-6-19(11-23(24)26)20-5-7-25(29)27(12-20)35-16-17-3-4-17/h5-13,15,17,30H,3-4,14,16,29H2,1-2H3,(H,31,32). The van der Waals surface area contributed by atoms with E-state index in [1.807, 2.05) is 42.1 Å². The van der Waals surface area contributed by atoms with Crippen LogP contribution in [0.3, 0.4) is 0 Å². The normalized spacial score (nSPS) is 13.1. The van der Waals surface area contributed by atoms with Crippen molar-refractivity contribution in [2.45, 2.75) is 24.3 Å². The minimum Gasteiger partial charge on any atom is -0.497 e. The molecule has 0 aliphatic heterocycles. The predicted octanol–water partition coefficient (Wildman–Crippen LogP) is 5.87. The summed E-state index contributed by atoms with van der Waals surface area (Å²) in [5, 5.41) is 3.90. The van der Waals surface area contributed by atoms with E-state index in [2.05, 4.69) is 28.5 Å². The Labute approximate surface area is 209 Å². The number of nitrogens with one attached hydrogen (secondary N) is 2. The molecule has 0 spiro atoms. The molecule has 35 heavy (non-hydrogen) atoms. The van der Waals surface area contributed by atoms with E-state index < -0.39 is 0 Å². The number of aromatic nitrogens is 1. The second kappa shape index (κ2) is 9.96. The summed E-state index contributed by atoms with van der Waals surface area (Å²) in [5.74, 6) is 3.17. The van der Waals surface area contributed by atoms with Crippen molar-refractivity contribution in [3.63, 3.8) is 0 Å². The molecule has 0 bridgehead atoms. The predicted molar refractivity (Wildman–Crippen MR) is 142 cm³/mol. The Balaban J connectivity index is 1.36. The molecule has 4 aromatic rings. The molecule has 3 aromatic carbocycles. The number of nitrogens with two attached hydrogens (primary N) is 1. The molecule has 5 rings (SSSR count). The number of carbonyl (C=O) groups is 1. The molecule has 1 aliphatic rings. The van der Waals surface area contributed by atoms with E-state index >= 15 is 0 Å². The Kier molecular flexibility index (Phi) is 6.59. The van der Waals surface area contributed by atoms with Gasteiger partial charge >= 0.3 is 0 Å². The number of ether oxygens (including phenoxy) is 2. The first-order chi connectivity index (χ1) is 17.0. The Morgan fingerprint density at radius 2 is 1.74 bits per heavy atom. The number of carbonyl (C=O) groups excluding carboxylic acids is 1. The Bertz CT molecular complexity index is 1360. The topological polar surface area (TPSA) is 89.4 Å². The highest BCUT2D eigenvalue weighted by molar-refractivity contribution is 7.99. The van der Waals surface area contributed by atoms with E-state index in [9.17, 15) is 4.79 Å². The molecule has 0 saturated heterocycles. The van der Waals surface area contributed by atoms with Crippen molar-refractivity contribution in [2.24, 2.45) is 5.92 Å². The third kappa shape index (κ3) is 5.25. The Hall–Kier alpha value is -3.58. The second-order valence-electron chi connectivity index (χ2n) is 8.87. The number of fused-ring (bicyclic) bond motifs is 1. The number of anilines is 1. The first kappa shape index (κ1) is 23.2. The lowest BCUT2D eigenvalue weighted by Crippen LogP contribution is -2.22. The fourth-order valence-electron chi connectivity index (χ4n) is 4.07. The number of hydrogen-bond acceptors (Lipinski definition) is 5. The highest BCUT2D eigenvalue weighted by Gasteiger charge is 2.21. The molecular formula is C28H29N3O3S. The first-order valence-corrected chi connectivity index (χ1v) is 12.7. The second-order valence-corrected chi connectivity index (χ2v) is 9.94. The van der Waals surface area contributed by atoms with Crippen LogP contribution in [0.25, 0.3) is 22.0 Å². The number of hydrogen-bond donors (Lipinski definition) is 3. The SMILES string of the molecule is COc1cc(CNC(=O)c2c[nH]c3ccc(-c4ccc(N)c(SCC5CC5)c4)cc23)cc(OC)c1. The van der Waals surface area contributed by atoms with Crippen LogP contribution in [0, 0.1) is 5.92 Å². The van der Waals surface area contributed by atoms with Crippen LogP contribution in [-0.2, 0) is 6.54 Å². The average molecular weight is 488 g/mol. The lowest BCUT2D eigenvalue weighted by Gasteiger charge is -2.10. The zero-order valence-electron chi connectivity index (χ0n) is 19.9. The molecule has 7 heteroatoms. The van der Waals surface area contributed by atoms with Gasteiger partial charge in [-0.1, -0.05) is 12.1 Å². The number of nitrogen functional groups attached to an aromatic ring is 1. The van der Waals surface area contributed by atoms with Gasteiger partial charge in [0.25, 0.3) is 5.91 Å². The molecule has 1 fully saturated rings. The summed E-state index contributed by atoms with van der Waals surface area (Å²) in [7, 11) is 3.22. The maximum atomic E-state index is 13.1. The van der Waals surface area contributed by atoms with E-state index in [1.54, 1.807) is 26.5 Å². The molecule has 0 radical (unpaired) electrons. The fourth-order valence-corrected chi connectivity index (χ4v) is 5.26. The Morgan fingerprint density at radius 1 is 1.03 bits per heavy atom. The van der Waals surface area contributed by atoms with E-state index in [0.29, 0.717) is 23.6 Å². The summed E-state index contributed by atoms with van der Waals surface area (Å²) in [5.41, 5.74) is 11.6. The minimum atomic E-state index is -0.145. The first-order valence-electron chi connectivity index (χ1n) is 11.7. The largest absolute Gasteiger partial charge is 0.497 e. The van der Waals surface area contributed by atoms with Gasteiger partial charge in [0.15, 0.2) is 0 Å². The smallest absolute Gasteiger partial charge is 0.253 e. The third-order valence-electron chi connectivity index (χ3n) is 6.31. The summed E-state index contributed by atoms with van der Waals surface area (Å²) < 4.78 is 10.7. The van der Waals surface area contributed by atoms with Gasteiger partial charge in [-0.15, -0.1) is 11.8 Å². The van der Waals surface area contributed by atoms with E-state index in [4.69, 9.17) is 15.2 Å². The minimum absolute atomic E-state index is 0.145. The molecule has 1 aromatic heterocycles. The molecule has 180 valence electrons. The zero-order valence-corrected chi connectivity index (χ0v) is 20.7. The number of rotatable bonds is 9. The number of amides is 1. The molecule has 1 amide bonds. The Morgan fingerprint density at radius 3 is 2.46 bits per heavy atom. The van der Waals surface area contributed by atoms with Crippen LogP contribution in [-0.4, -0.2) is 30.9 Å². The summed E-state index contributed by atoms with van der Waals surface area (Å²) in [6, 6.07) is 17.9. The lowest BCUT2D eigenvalue weighted by atomic mass is 10.0. The highest BCUT2D eigenvalue weighted by atomic mass is 32.2. The number of H-pyrrole nitrogens is 1. The highest BCUT2D eigenvalue weighted by Crippen LogP contribution is 2.38. The summed E-state index contributed by atoms with van der Waals surface area (Å²) >= 11 is 1.84. The van der Waals surface area contributed by atoms with E-state index in [0.717, 1.165) is 49.8 Å². The molecule has 0 unspecified atom stereocenters. The van der Waals surface area contributed by atoms with Crippen LogP contribution < -0.4 is 20.5 Å². The van der Waals surface area contributed by atoms with Crippen molar-refractivity contribution >= 4 is 34.3 Å². The fraction of sp³-hybridized carbons (Fsp3) is 0.250. The van der Waals surface area contributed by atoms with Gasteiger partial charge in [0.1, 0.15) is 11.5 Å². The molecule has 1 aliphatic carbocycles. The van der Waals surface area contributed by atoms with Crippen molar-refractivity contribution in [1.82, 2.24) is 10.3 Å².